The molecule has 1 unspecified atom stereocenters. The van der Waals surface area contributed by atoms with E-state index in [-0.39, 0.29) is 30.5 Å². The van der Waals surface area contributed by atoms with Crippen LogP contribution in [0.25, 0.3) is 0 Å². The topological polar surface area (TPSA) is 122 Å². The molecule has 3 aromatic rings. The maximum absolute atomic E-state index is 13.4. The minimum atomic E-state index is -3.92. The van der Waals surface area contributed by atoms with E-state index in [4.69, 9.17) is 10.5 Å². The summed E-state index contributed by atoms with van der Waals surface area (Å²) in [4.78, 5) is 12.7. The van der Waals surface area contributed by atoms with Crippen molar-refractivity contribution in [2.75, 3.05) is 18.8 Å². The molecule has 0 aliphatic rings. The van der Waals surface area contributed by atoms with Gasteiger partial charge in [-0.3, -0.25) is 0 Å². The van der Waals surface area contributed by atoms with Crippen molar-refractivity contribution in [2.24, 2.45) is 5.92 Å². The molecule has 9 heteroatoms. The lowest BCUT2D eigenvalue weighted by molar-refractivity contribution is 0.0873. The second-order valence-electron chi connectivity index (χ2n) is 9.35. The smallest absolute Gasteiger partial charge is 0.407 e. The van der Waals surface area contributed by atoms with Crippen LogP contribution in [0.1, 0.15) is 25.0 Å². The number of aliphatic hydroxyl groups is 1. The van der Waals surface area contributed by atoms with Crippen molar-refractivity contribution in [3.05, 3.63) is 96.1 Å². The number of amides is 1. The first-order valence-corrected chi connectivity index (χ1v) is 13.6. The van der Waals surface area contributed by atoms with Crippen molar-refractivity contribution >= 4 is 21.8 Å². The molecule has 0 fully saturated rings. The fourth-order valence-electron chi connectivity index (χ4n) is 3.87. The van der Waals surface area contributed by atoms with Gasteiger partial charge in [-0.2, -0.15) is 4.31 Å². The minimum Gasteiger partial charge on any atom is -0.445 e. The third kappa shape index (κ3) is 8.59. The summed E-state index contributed by atoms with van der Waals surface area (Å²) in [5, 5.41) is 14.0. The fraction of sp³-hybridized carbons (Fsp3) is 0.321. The highest BCUT2D eigenvalue weighted by atomic mass is 32.2. The average Bonchev–Trinajstić information content (AvgIpc) is 2.88. The molecule has 3 rings (SSSR count). The summed E-state index contributed by atoms with van der Waals surface area (Å²) in [5.41, 5.74) is 7.89. The Morgan fingerprint density at radius 1 is 0.919 bits per heavy atom. The van der Waals surface area contributed by atoms with Gasteiger partial charge in [0.1, 0.15) is 6.61 Å². The number of sulfonamides is 1. The molecular weight excluding hydrogens is 490 g/mol. The molecule has 1 amide bonds. The Hall–Kier alpha value is -3.40. The predicted octanol–water partition coefficient (Wildman–Crippen LogP) is 3.81. The van der Waals surface area contributed by atoms with Gasteiger partial charge in [0.15, 0.2) is 0 Å². The summed E-state index contributed by atoms with van der Waals surface area (Å²) in [7, 11) is -3.92. The number of rotatable bonds is 12. The maximum atomic E-state index is 13.4. The van der Waals surface area contributed by atoms with Crippen LogP contribution in [0.5, 0.6) is 0 Å². The second kappa shape index (κ2) is 13.2. The van der Waals surface area contributed by atoms with Gasteiger partial charge in [-0.1, -0.05) is 74.5 Å². The Bertz CT molecular complexity index is 1220. The lowest BCUT2D eigenvalue weighted by Gasteiger charge is -2.30. The molecule has 8 nitrogen and oxygen atoms in total. The first kappa shape index (κ1) is 28.2. The Balaban J connectivity index is 1.79. The highest BCUT2D eigenvalue weighted by Gasteiger charge is 2.31. The van der Waals surface area contributed by atoms with E-state index in [1.54, 1.807) is 0 Å². The Kier molecular flexibility index (Phi) is 10.1. The number of benzene rings is 3. The molecule has 0 aromatic heterocycles. The molecule has 0 bridgehead atoms. The SMILES string of the molecule is CC(C)CN(C[C@@H](O)C(Cc1ccccc1)NC(=O)OCc1ccccc1)S(=O)(=O)c1ccc(N)cc1. The zero-order valence-electron chi connectivity index (χ0n) is 21.2. The van der Waals surface area contributed by atoms with Gasteiger partial charge in [-0.05, 0) is 47.7 Å². The van der Waals surface area contributed by atoms with Crippen LogP contribution in [0.4, 0.5) is 10.5 Å². The molecular formula is C28H35N3O5S. The van der Waals surface area contributed by atoms with Crippen LogP contribution in [0.3, 0.4) is 0 Å². The molecule has 0 radical (unpaired) electrons. The van der Waals surface area contributed by atoms with E-state index in [0.717, 1.165) is 11.1 Å². The molecule has 0 saturated carbocycles. The monoisotopic (exact) mass is 525 g/mol. The quantitative estimate of drug-likeness (QED) is 0.309. The molecule has 37 heavy (non-hydrogen) atoms. The number of anilines is 1. The molecule has 0 aliphatic heterocycles. The Labute approximate surface area is 219 Å². The lowest BCUT2D eigenvalue weighted by Crippen LogP contribution is -2.51. The lowest BCUT2D eigenvalue weighted by atomic mass is 10.0. The summed E-state index contributed by atoms with van der Waals surface area (Å²) in [6, 6.07) is 23.8. The Morgan fingerprint density at radius 2 is 1.49 bits per heavy atom. The summed E-state index contributed by atoms with van der Waals surface area (Å²) in [6.45, 7) is 3.87. The third-order valence-corrected chi connectivity index (χ3v) is 7.60. The number of carbonyl (C=O) groups is 1. The van der Waals surface area contributed by atoms with Crippen LogP contribution in [-0.2, 0) is 27.8 Å². The molecule has 4 N–H and O–H groups in total. The van der Waals surface area contributed by atoms with Gasteiger partial charge < -0.3 is 20.9 Å². The van der Waals surface area contributed by atoms with Crippen LogP contribution < -0.4 is 11.1 Å². The summed E-state index contributed by atoms with van der Waals surface area (Å²) in [6.07, 6.45) is -1.60. The molecule has 0 heterocycles. The van der Waals surface area contributed by atoms with Gasteiger partial charge in [0.2, 0.25) is 10.0 Å². The van der Waals surface area contributed by atoms with Crippen LogP contribution in [0, 0.1) is 5.92 Å². The number of nitrogen functional groups attached to an aromatic ring is 1. The van der Waals surface area contributed by atoms with Crippen molar-refractivity contribution in [3.8, 4) is 0 Å². The number of hydrogen-bond donors (Lipinski definition) is 3. The highest BCUT2D eigenvalue weighted by Crippen LogP contribution is 2.20. The Morgan fingerprint density at radius 3 is 2.05 bits per heavy atom. The molecule has 0 saturated heterocycles. The van der Waals surface area contributed by atoms with Crippen molar-refractivity contribution in [3.63, 3.8) is 0 Å². The van der Waals surface area contributed by atoms with E-state index < -0.39 is 28.3 Å². The third-order valence-electron chi connectivity index (χ3n) is 5.76. The van der Waals surface area contributed by atoms with E-state index >= 15 is 0 Å². The van der Waals surface area contributed by atoms with Crippen LogP contribution >= 0.6 is 0 Å². The van der Waals surface area contributed by atoms with Crippen molar-refractivity contribution in [2.45, 2.75) is 43.9 Å². The van der Waals surface area contributed by atoms with Gasteiger partial charge in [-0.15, -0.1) is 0 Å². The van der Waals surface area contributed by atoms with Crippen molar-refractivity contribution < 1.29 is 23.1 Å². The van der Waals surface area contributed by atoms with Gasteiger partial charge in [0, 0.05) is 18.8 Å². The second-order valence-corrected chi connectivity index (χ2v) is 11.3. The van der Waals surface area contributed by atoms with Crippen LogP contribution in [-0.4, -0.2) is 49.2 Å². The standard InChI is InChI=1S/C28H35N3O5S/c1-21(2)18-31(37(34,35)25-15-13-24(29)14-16-25)19-27(32)26(17-22-9-5-3-6-10-22)30-28(33)36-20-23-11-7-4-8-12-23/h3-16,21,26-27,32H,17-20,29H2,1-2H3,(H,30,33)/t26?,27-/m1/s1. The number of nitrogens with one attached hydrogen (secondary N) is 1. The summed E-state index contributed by atoms with van der Waals surface area (Å²) in [5.74, 6) is 0.00660. The highest BCUT2D eigenvalue weighted by molar-refractivity contribution is 7.89. The predicted molar refractivity (Wildman–Crippen MR) is 144 cm³/mol. The first-order chi connectivity index (χ1) is 17.6. The molecule has 3 aromatic carbocycles. The molecule has 198 valence electrons. The average molecular weight is 526 g/mol. The summed E-state index contributed by atoms with van der Waals surface area (Å²) < 4.78 is 33.5. The first-order valence-electron chi connectivity index (χ1n) is 12.2. The zero-order chi connectivity index (χ0) is 26.8. The van der Waals surface area contributed by atoms with E-state index in [1.165, 1.54) is 28.6 Å². The van der Waals surface area contributed by atoms with Crippen LogP contribution in [0.2, 0.25) is 0 Å². The van der Waals surface area contributed by atoms with Crippen molar-refractivity contribution in [1.82, 2.24) is 9.62 Å². The van der Waals surface area contributed by atoms with Crippen molar-refractivity contribution in [1.29, 1.82) is 0 Å². The molecule has 0 spiro atoms. The number of nitrogens with zero attached hydrogens (tertiary/aromatic N) is 1. The normalized spacial score (nSPS) is 13.3. The van der Waals surface area contributed by atoms with Crippen LogP contribution in [0.15, 0.2) is 89.8 Å². The van der Waals surface area contributed by atoms with Gasteiger partial charge in [0.25, 0.3) is 0 Å². The van der Waals surface area contributed by atoms with Gasteiger partial charge in [-0.25, -0.2) is 13.2 Å². The van der Waals surface area contributed by atoms with Gasteiger partial charge >= 0.3 is 6.09 Å². The molecule has 2 atom stereocenters. The number of ether oxygens (including phenoxy) is 1. The van der Waals surface area contributed by atoms with E-state index in [9.17, 15) is 18.3 Å². The van der Waals surface area contributed by atoms with E-state index in [0.29, 0.717) is 12.1 Å². The fourth-order valence-corrected chi connectivity index (χ4v) is 5.49. The zero-order valence-corrected chi connectivity index (χ0v) is 22.0. The molecule has 0 aliphatic carbocycles. The number of hydrogen-bond acceptors (Lipinski definition) is 6. The number of alkyl carbamates (subject to hydrolysis) is 1. The maximum Gasteiger partial charge on any atom is 0.407 e. The van der Waals surface area contributed by atoms with Gasteiger partial charge in [0.05, 0.1) is 17.0 Å². The largest absolute Gasteiger partial charge is 0.445 e. The van der Waals surface area contributed by atoms with E-state index in [1.807, 2.05) is 74.5 Å². The summed E-state index contributed by atoms with van der Waals surface area (Å²) >= 11 is 0. The van der Waals surface area contributed by atoms with E-state index in [2.05, 4.69) is 5.32 Å². The minimum absolute atomic E-state index is 0.00660. The number of carbonyl (C=O) groups excluding carboxylic acids is 1. The number of nitrogens with two attached hydrogens (primary N) is 1. The number of aliphatic hydroxyl groups excluding tert-OH is 1.